The summed E-state index contributed by atoms with van der Waals surface area (Å²) in [6.45, 7) is -0.433. The van der Waals surface area contributed by atoms with Crippen molar-refractivity contribution >= 4 is 28.2 Å². The topological polar surface area (TPSA) is 89.2 Å². The highest BCUT2D eigenvalue weighted by Gasteiger charge is 2.15. The fourth-order valence-corrected chi connectivity index (χ4v) is 2.03. The Labute approximate surface area is 119 Å². The van der Waals surface area contributed by atoms with Gasteiger partial charge in [-0.05, 0) is 12.1 Å². The molecule has 0 bridgehead atoms. The van der Waals surface area contributed by atoms with Crippen molar-refractivity contribution in [2.75, 3.05) is 18.5 Å². The summed E-state index contributed by atoms with van der Waals surface area (Å²) in [5.74, 6) is -0.556. The number of aliphatic hydroxyl groups is 2. The van der Waals surface area contributed by atoms with Crippen LogP contribution in [0.15, 0.2) is 18.3 Å². The third-order valence-corrected chi connectivity index (χ3v) is 3.08. The Morgan fingerprint density at radius 3 is 2.90 bits per heavy atom. The smallest absolute Gasteiger partial charge is 0.149 e. The molecule has 0 spiro atoms. The van der Waals surface area contributed by atoms with Crippen molar-refractivity contribution < 1.29 is 14.6 Å². The number of fused-ring (bicyclic) bond motifs is 1. The first kappa shape index (κ1) is 14.5. The molecule has 104 valence electrons. The molecule has 2 aromatic rings. The van der Waals surface area contributed by atoms with Crippen LogP contribution in [0.3, 0.4) is 0 Å². The Bertz CT molecular complexity index is 687. The standard InChI is InChI=1S/C13H11ClFN3O2/c14-9-1-2-10(15)13-11(9)12(7(3-16)4-17-13)18-5-8(20)6-19/h1-2,4,8,19-20H,5-6H2,(H,17,18)/t8-/m1/s1. The van der Waals surface area contributed by atoms with Gasteiger partial charge in [-0.3, -0.25) is 4.98 Å². The van der Waals surface area contributed by atoms with Crippen molar-refractivity contribution in [1.82, 2.24) is 4.98 Å². The van der Waals surface area contributed by atoms with E-state index < -0.39 is 18.5 Å². The van der Waals surface area contributed by atoms with Crippen LogP contribution in [0.5, 0.6) is 0 Å². The summed E-state index contributed by atoms with van der Waals surface area (Å²) in [5.41, 5.74) is 0.502. The Morgan fingerprint density at radius 2 is 2.25 bits per heavy atom. The minimum atomic E-state index is -1.00. The first-order valence-corrected chi connectivity index (χ1v) is 6.16. The first-order valence-electron chi connectivity index (χ1n) is 5.78. The molecule has 0 amide bonds. The Kier molecular flexibility index (Phi) is 4.35. The van der Waals surface area contributed by atoms with Gasteiger partial charge >= 0.3 is 0 Å². The van der Waals surface area contributed by atoms with Gasteiger partial charge in [-0.1, -0.05) is 11.6 Å². The van der Waals surface area contributed by atoms with Gasteiger partial charge in [-0.2, -0.15) is 5.26 Å². The molecule has 0 aliphatic carbocycles. The molecule has 7 heteroatoms. The Balaban J connectivity index is 2.60. The van der Waals surface area contributed by atoms with Gasteiger partial charge in [0.1, 0.15) is 17.4 Å². The summed E-state index contributed by atoms with van der Waals surface area (Å²) >= 11 is 6.04. The average molecular weight is 296 g/mol. The predicted octanol–water partition coefficient (Wildman–Crippen LogP) is 1.66. The van der Waals surface area contributed by atoms with Crippen LogP contribution >= 0.6 is 11.6 Å². The lowest BCUT2D eigenvalue weighted by atomic mass is 10.1. The lowest BCUT2D eigenvalue weighted by molar-refractivity contribution is 0.105. The number of hydrogen-bond acceptors (Lipinski definition) is 5. The molecular weight excluding hydrogens is 285 g/mol. The maximum Gasteiger partial charge on any atom is 0.149 e. The minimum Gasteiger partial charge on any atom is -0.394 e. The lowest BCUT2D eigenvalue weighted by Gasteiger charge is -2.14. The van der Waals surface area contributed by atoms with Crippen LogP contribution < -0.4 is 5.32 Å². The number of anilines is 1. The fraction of sp³-hybridized carbons (Fsp3) is 0.231. The highest BCUT2D eigenvalue weighted by atomic mass is 35.5. The maximum atomic E-state index is 13.7. The second kappa shape index (κ2) is 6.01. The SMILES string of the molecule is N#Cc1cnc2c(F)ccc(Cl)c2c1NC[C@@H](O)CO. The van der Waals surface area contributed by atoms with E-state index in [-0.39, 0.29) is 33.7 Å². The zero-order valence-electron chi connectivity index (χ0n) is 10.3. The average Bonchev–Trinajstić information content (AvgIpc) is 2.47. The summed E-state index contributed by atoms with van der Waals surface area (Å²) in [7, 11) is 0. The van der Waals surface area contributed by atoms with Crippen molar-refractivity contribution in [3.63, 3.8) is 0 Å². The number of halogens is 2. The molecule has 1 aromatic carbocycles. The monoisotopic (exact) mass is 295 g/mol. The molecule has 0 saturated heterocycles. The Hall–Kier alpha value is -1.94. The number of aromatic nitrogens is 1. The molecule has 0 radical (unpaired) electrons. The molecule has 0 unspecified atom stereocenters. The summed E-state index contributed by atoms with van der Waals surface area (Å²) < 4.78 is 13.7. The summed E-state index contributed by atoms with van der Waals surface area (Å²) in [6.07, 6.45) is 0.229. The van der Waals surface area contributed by atoms with Gasteiger partial charge in [-0.15, -0.1) is 0 Å². The highest BCUT2D eigenvalue weighted by Crippen LogP contribution is 2.33. The number of pyridine rings is 1. The van der Waals surface area contributed by atoms with Crippen LogP contribution in [0.25, 0.3) is 10.9 Å². The van der Waals surface area contributed by atoms with E-state index in [1.807, 2.05) is 6.07 Å². The van der Waals surface area contributed by atoms with Crippen molar-refractivity contribution in [2.45, 2.75) is 6.10 Å². The number of rotatable bonds is 4. The van der Waals surface area contributed by atoms with E-state index >= 15 is 0 Å². The first-order chi connectivity index (χ1) is 9.58. The van der Waals surface area contributed by atoms with Gasteiger partial charge < -0.3 is 15.5 Å². The maximum absolute atomic E-state index is 13.7. The number of benzene rings is 1. The number of nitrogens with zero attached hydrogens (tertiary/aromatic N) is 2. The van der Waals surface area contributed by atoms with Gasteiger partial charge in [0, 0.05) is 18.1 Å². The third kappa shape index (κ3) is 2.65. The Morgan fingerprint density at radius 1 is 1.50 bits per heavy atom. The predicted molar refractivity (Wildman–Crippen MR) is 73.0 cm³/mol. The van der Waals surface area contributed by atoms with E-state index in [2.05, 4.69) is 10.3 Å². The quantitative estimate of drug-likeness (QED) is 0.798. The second-order valence-corrected chi connectivity index (χ2v) is 4.54. The lowest BCUT2D eigenvalue weighted by Crippen LogP contribution is -2.23. The molecule has 0 aliphatic rings. The number of hydrogen-bond donors (Lipinski definition) is 3. The van der Waals surface area contributed by atoms with E-state index in [0.717, 1.165) is 0 Å². The van der Waals surface area contributed by atoms with Crippen LogP contribution in [0.2, 0.25) is 5.02 Å². The molecular formula is C13H11ClFN3O2. The summed E-state index contributed by atoms with van der Waals surface area (Å²) in [4.78, 5) is 3.89. The van der Waals surface area contributed by atoms with Crippen molar-refractivity contribution in [2.24, 2.45) is 0 Å². The van der Waals surface area contributed by atoms with Gasteiger partial charge in [0.15, 0.2) is 0 Å². The number of nitriles is 1. The molecule has 5 nitrogen and oxygen atoms in total. The molecule has 0 aliphatic heterocycles. The van der Waals surface area contributed by atoms with Gasteiger partial charge in [0.05, 0.1) is 29.0 Å². The summed E-state index contributed by atoms with van der Waals surface area (Å²) in [6, 6.07) is 4.49. The molecule has 1 atom stereocenters. The van der Waals surface area contributed by atoms with Gasteiger partial charge in [0.2, 0.25) is 0 Å². The molecule has 1 heterocycles. The second-order valence-electron chi connectivity index (χ2n) is 4.13. The van der Waals surface area contributed by atoms with Crippen molar-refractivity contribution in [3.8, 4) is 6.07 Å². The minimum absolute atomic E-state index is 0.00284. The highest BCUT2D eigenvalue weighted by molar-refractivity contribution is 6.36. The summed E-state index contributed by atoms with van der Waals surface area (Å²) in [5, 5.41) is 30.6. The largest absolute Gasteiger partial charge is 0.394 e. The van der Waals surface area contributed by atoms with E-state index in [0.29, 0.717) is 0 Å². The van der Waals surface area contributed by atoms with Gasteiger partial charge in [-0.25, -0.2) is 4.39 Å². The van der Waals surface area contributed by atoms with Crippen LogP contribution in [0.4, 0.5) is 10.1 Å². The van der Waals surface area contributed by atoms with E-state index in [1.54, 1.807) is 0 Å². The van der Waals surface area contributed by atoms with Gasteiger partial charge in [0.25, 0.3) is 0 Å². The van der Waals surface area contributed by atoms with E-state index in [4.69, 9.17) is 22.0 Å². The zero-order chi connectivity index (χ0) is 14.7. The number of nitrogens with one attached hydrogen (secondary N) is 1. The van der Waals surface area contributed by atoms with Crippen LogP contribution in [-0.4, -0.2) is 34.5 Å². The van der Waals surface area contributed by atoms with E-state index in [1.165, 1.54) is 18.3 Å². The number of aliphatic hydroxyl groups excluding tert-OH is 2. The molecule has 0 saturated carbocycles. The van der Waals surface area contributed by atoms with Crippen molar-refractivity contribution in [3.05, 3.63) is 34.7 Å². The molecule has 2 rings (SSSR count). The fourth-order valence-electron chi connectivity index (χ4n) is 1.79. The third-order valence-electron chi connectivity index (χ3n) is 2.77. The molecule has 3 N–H and O–H groups in total. The normalized spacial score (nSPS) is 12.2. The van der Waals surface area contributed by atoms with Crippen LogP contribution in [0, 0.1) is 17.1 Å². The molecule has 20 heavy (non-hydrogen) atoms. The van der Waals surface area contributed by atoms with E-state index in [9.17, 15) is 9.50 Å². The van der Waals surface area contributed by atoms with Crippen molar-refractivity contribution in [1.29, 1.82) is 5.26 Å². The zero-order valence-corrected chi connectivity index (χ0v) is 11.0. The van der Waals surface area contributed by atoms with Crippen LogP contribution in [0.1, 0.15) is 5.56 Å². The molecule has 0 fully saturated rings. The van der Waals surface area contributed by atoms with Crippen LogP contribution in [-0.2, 0) is 0 Å². The molecule has 1 aromatic heterocycles.